The van der Waals surface area contributed by atoms with Gasteiger partial charge >= 0.3 is 6.03 Å². The predicted molar refractivity (Wildman–Crippen MR) is 131 cm³/mol. The molecule has 0 spiro atoms. The molecule has 0 saturated carbocycles. The zero-order valence-electron chi connectivity index (χ0n) is 18.5. The maximum Gasteiger partial charge on any atom is 0.329 e. The van der Waals surface area contributed by atoms with E-state index in [0.29, 0.717) is 5.69 Å². The first-order chi connectivity index (χ1) is 16.5. The Morgan fingerprint density at radius 2 is 1.76 bits per heavy atom. The van der Waals surface area contributed by atoms with Crippen LogP contribution in [0.3, 0.4) is 0 Å². The lowest BCUT2D eigenvalue weighted by molar-refractivity contribution is -0.127. The summed E-state index contributed by atoms with van der Waals surface area (Å²) in [5.41, 5.74) is 3.38. The van der Waals surface area contributed by atoms with Gasteiger partial charge in [-0.3, -0.25) is 9.59 Å². The Morgan fingerprint density at radius 1 is 0.941 bits per heavy atom. The number of benzene rings is 3. The number of carbonyl (C=O) groups excluding carboxylic acids is 3. The zero-order chi connectivity index (χ0) is 23.7. The van der Waals surface area contributed by atoms with Crippen LogP contribution in [0.25, 0.3) is 22.5 Å². The second-order valence-corrected chi connectivity index (χ2v) is 8.13. The fraction of sp³-hybridized carbons (Fsp3) is 0.0741. The average Bonchev–Trinajstić information content (AvgIpc) is 3.39. The lowest BCUT2D eigenvalue weighted by Crippen LogP contribution is -2.38. The van der Waals surface area contributed by atoms with Crippen molar-refractivity contribution in [2.45, 2.75) is 6.92 Å². The summed E-state index contributed by atoms with van der Waals surface area (Å²) in [5.74, 6) is -0.995. The number of aromatic nitrogens is 1. The van der Waals surface area contributed by atoms with Crippen molar-refractivity contribution < 1.29 is 14.4 Å². The van der Waals surface area contributed by atoms with Crippen LogP contribution in [0.4, 0.5) is 10.5 Å². The van der Waals surface area contributed by atoms with Crippen LogP contribution in [0.15, 0.2) is 90.8 Å². The number of rotatable bonds is 5. The Hall–Kier alpha value is -4.65. The lowest BCUT2D eigenvalue weighted by Gasteiger charge is -2.12. The predicted octanol–water partition coefficient (Wildman–Crippen LogP) is 4.47. The highest BCUT2D eigenvalue weighted by Gasteiger charge is 2.35. The van der Waals surface area contributed by atoms with E-state index in [9.17, 15) is 14.4 Å². The number of amides is 4. The Kier molecular flexibility index (Phi) is 5.43. The quantitative estimate of drug-likeness (QED) is 0.348. The molecule has 3 aromatic carbocycles. The summed E-state index contributed by atoms with van der Waals surface area (Å²) < 4.78 is 1.94. The second kappa shape index (κ2) is 8.71. The van der Waals surface area contributed by atoms with E-state index >= 15 is 0 Å². The highest BCUT2D eigenvalue weighted by molar-refractivity contribution is 6.15. The number of imide groups is 1. The first-order valence-corrected chi connectivity index (χ1v) is 10.9. The number of hydrogen-bond acceptors (Lipinski definition) is 3. The third-order valence-corrected chi connectivity index (χ3v) is 5.65. The minimum atomic E-state index is -0.626. The number of anilines is 1. The van der Waals surface area contributed by atoms with Gasteiger partial charge in [0.2, 0.25) is 5.91 Å². The molecule has 0 aliphatic carbocycles. The first-order valence-electron chi connectivity index (χ1n) is 10.9. The fourth-order valence-corrected chi connectivity index (χ4v) is 4.00. The molecule has 4 amide bonds. The summed E-state index contributed by atoms with van der Waals surface area (Å²) in [6.07, 6.45) is 3.51. The monoisotopic (exact) mass is 450 g/mol. The molecule has 1 aliphatic rings. The van der Waals surface area contributed by atoms with E-state index in [-0.39, 0.29) is 12.2 Å². The smallest absolute Gasteiger partial charge is 0.325 e. The number of carbonyl (C=O) groups is 3. The molecule has 34 heavy (non-hydrogen) atoms. The SMILES string of the molecule is Cc1cccc(NC(=O)CN2C(=O)N/C(=C\c3cccn3-c3ccc4ccccc4c3)C2=O)c1. The Bertz CT molecular complexity index is 1470. The molecule has 4 aromatic rings. The normalized spacial score (nSPS) is 14.6. The van der Waals surface area contributed by atoms with Crippen LogP contribution >= 0.6 is 0 Å². The van der Waals surface area contributed by atoms with E-state index in [4.69, 9.17) is 0 Å². The highest BCUT2D eigenvalue weighted by Crippen LogP contribution is 2.22. The molecule has 2 N–H and O–H groups in total. The number of fused-ring (bicyclic) bond motifs is 1. The topological polar surface area (TPSA) is 83.4 Å². The molecule has 5 rings (SSSR count). The molecule has 1 saturated heterocycles. The third-order valence-electron chi connectivity index (χ3n) is 5.65. The van der Waals surface area contributed by atoms with Crippen LogP contribution in [-0.2, 0) is 9.59 Å². The van der Waals surface area contributed by atoms with Gasteiger partial charge in [0.05, 0.1) is 0 Å². The number of nitrogens with zero attached hydrogens (tertiary/aromatic N) is 2. The van der Waals surface area contributed by atoms with Crippen LogP contribution in [0, 0.1) is 6.92 Å². The van der Waals surface area contributed by atoms with E-state index in [2.05, 4.69) is 16.7 Å². The van der Waals surface area contributed by atoms with Crippen LogP contribution in [0.1, 0.15) is 11.3 Å². The highest BCUT2D eigenvalue weighted by atomic mass is 16.2. The summed E-state index contributed by atoms with van der Waals surface area (Å²) in [6.45, 7) is 1.54. The van der Waals surface area contributed by atoms with Gasteiger partial charge in [0.1, 0.15) is 12.2 Å². The zero-order valence-corrected chi connectivity index (χ0v) is 18.5. The summed E-state index contributed by atoms with van der Waals surface area (Å²) in [5, 5.41) is 7.54. The average molecular weight is 450 g/mol. The van der Waals surface area contributed by atoms with Gasteiger partial charge in [0.15, 0.2) is 0 Å². The van der Waals surface area contributed by atoms with Crippen molar-refractivity contribution in [2.24, 2.45) is 0 Å². The number of urea groups is 1. The molecule has 7 heteroatoms. The van der Waals surface area contributed by atoms with Gasteiger partial charge in [0.25, 0.3) is 5.91 Å². The van der Waals surface area contributed by atoms with Gasteiger partial charge in [-0.15, -0.1) is 0 Å². The van der Waals surface area contributed by atoms with Crippen LogP contribution in [-0.4, -0.2) is 33.9 Å². The molecular formula is C27H22N4O3. The third kappa shape index (κ3) is 4.19. The fourth-order valence-electron chi connectivity index (χ4n) is 4.00. The maximum absolute atomic E-state index is 12.9. The van der Waals surface area contributed by atoms with Crippen molar-refractivity contribution in [3.8, 4) is 5.69 Å². The number of aryl methyl sites for hydroxylation is 1. The summed E-state index contributed by atoms with van der Waals surface area (Å²) in [4.78, 5) is 38.7. The second-order valence-electron chi connectivity index (χ2n) is 8.13. The van der Waals surface area contributed by atoms with Crippen LogP contribution < -0.4 is 10.6 Å². The first kappa shape index (κ1) is 21.2. The van der Waals surface area contributed by atoms with E-state index < -0.39 is 17.8 Å². The molecular weight excluding hydrogens is 428 g/mol. The minimum absolute atomic E-state index is 0.120. The van der Waals surface area contributed by atoms with Crippen LogP contribution in [0.2, 0.25) is 0 Å². The number of nitrogens with one attached hydrogen (secondary N) is 2. The lowest BCUT2D eigenvalue weighted by atomic mass is 10.1. The standard InChI is InChI=1S/C27H22N4O3/c1-18-6-4-9-21(14-18)28-25(32)17-31-26(33)24(29-27(31)34)16-22-10-5-13-30(22)23-12-11-19-7-2-3-8-20(19)15-23/h2-16H,17H2,1H3,(H,28,32)(H,29,34)/b24-16-. The molecule has 0 atom stereocenters. The summed E-state index contributed by atoms with van der Waals surface area (Å²) in [7, 11) is 0. The minimum Gasteiger partial charge on any atom is -0.325 e. The molecule has 1 fully saturated rings. The van der Waals surface area contributed by atoms with Crippen LogP contribution in [0.5, 0.6) is 0 Å². The summed E-state index contributed by atoms with van der Waals surface area (Å²) >= 11 is 0. The molecule has 7 nitrogen and oxygen atoms in total. The molecule has 168 valence electrons. The van der Waals surface area contributed by atoms with Crippen molar-refractivity contribution in [3.05, 3.63) is 102 Å². The molecule has 1 aliphatic heterocycles. The maximum atomic E-state index is 12.9. The Morgan fingerprint density at radius 3 is 2.59 bits per heavy atom. The van der Waals surface area contributed by atoms with E-state index in [0.717, 1.165) is 32.6 Å². The van der Waals surface area contributed by atoms with Gasteiger partial charge in [-0.05, 0) is 65.7 Å². The van der Waals surface area contributed by atoms with Gasteiger partial charge in [-0.25, -0.2) is 9.69 Å². The van der Waals surface area contributed by atoms with Crippen molar-refractivity contribution in [1.29, 1.82) is 0 Å². The van der Waals surface area contributed by atoms with E-state index in [1.807, 2.05) is 84.4 Å². The largest absolute Gasteiger partial charge is 0.329 e. The van der Waals surface area contributed by atoms with Crippen molar-refractivity contribution in [1.82, 2.24) is 14.8 Å². The van der Waals surface area contributed by atoms with Crippen molar-refractivity contribution >= 4 is 40.4 Å². The molecule has 2 heterocycles. The molecule has 0 unspecified atom stereocenters. The molecule has 0 bridgehead atoms. The van der Waals surface area contributed by atoms with Crippen molar-refractivity contribution in [3.63, 3.8) is 0 Å². The van der Waals surface area contributed by atoms with Gasteiger partial charge in [-0.1, -0.05) is 42.5 Å². The molecule has 1 aromatic heterocycles. The van der Waals surface area contributed by atoms with Gasteiger partial charge < -0.3 is 15.2 Å². The van der Waals surface area contributed by atoms with Gasteiger partial charge in [0, 0.05) is 23.3 Å². The number of hydrogen-bond donors (Lipinski definition) is 2. The van der Waals surface area contributed by atoms with Crippen molar-refractivity contribution in [2.75, 3.05) is 11.9 Å². The molecule has 0 radical (unpaired) electrons. The van der Waals surface area contributed by atoms with Gasteiger partial charge in [-0.2, -0.15) is 0 Å². The summed E-state index contributed by atoms with van der Waals surface area (Å²) in [6, 6.07) is 24.6. The Labute approximate surface area is 196 Å². The van der Waals surface area contributed by atoms with E-state index in [1.165, 1.54) is 0 Å². The Balaban J connectivity index is 1.35. The van der Waals surface area contributed by atoms with E-state index in [1.54, 1.807) is 12.1 Å².